The van der Waals surface area contributed by atoms with Crippen molar-refractivity contribution in [2.24, 2.45) is 46.3 Å². The van der Waals surface area contributed by atoms with Crippen LogP contribution in [0.15, 0.2) is 23.8 Å². The minimum Gasteiger partial charge on any atom is -0.393 e. The van der Waals surface area contributed by atoms with Gasteiger partial charge in [-0.3, -0.25) is 0 Å². The van der Waals surface area contributed by atoms with Gasteiger partial charge in [-0.15, -0.1) is 0 Å². The Bertz CT molecular complexity index is 741. The summed E-state index contributed by atoms with van der Waals surface area (Å²) in [6.07, 6.45) is 12.1. The van der Waals surface area contributed by atoms with Crippen molar-refractivity contribution in [1.82, 2.24) is 0 Å². The average Bonchev–Trinajstić information content (AvgIpc) is 3.05. The fourth-order valence-corrected chi connectivity index (χ4v) is 8.16. The Morgan fingerprint density at radius 1 is 0.935 bits per heavy atom. The highest BCUT2D eigenvalue weighted by molar-refractivity contribution is 5.33. The lowest BCUT2D eigenvalue weighted by molar-refractivity contribution is -0.210. The first-order valence-electron chi connectivity index (χ1n) is 12.9. The molecule has 4 aliphatic rings. The standard InChI is InChI=1S/C28H46O3/c1-17(2)18(3)7-8-19(4)22-9-10-23-21-15-25(30)28(31)16-20(29)11-14-27(28,6)24(21)12-13-26(22,23)5/h7-8,15,17-20,22-25,29-31H,9-14,16H2,1-6H3/b8-7+/t18-,19+,20-,22?,23?,24?,25+,26+,27+,28-/m0/s1. The molecule has 4 rings (SSSR count). The fourth-order valence-electron chi connectivity index (χ4n) is 8.16. The van der Waals surface area contributed by atoms with Crippen LogP contribution in [0.1, 0.15) is 86.5 Å². The average molecular weight is 431 g/mol. The van der Waals surface area contributed by atoms with Crippen LogP contribution in [0.5, 0.6) is 0 Å². The summed E-state index contributed by atoms with van der Waals surface area (Å²) >= 11 is 0. The van der Waals surface area contributed by atoms with E-state index in [9.17, 15) is 15.3 Å². The third kappa shape index (κ3) is 3.49. The zero-order valence-electron chi connectivity index (χ0n) is 20.6. The first-order chi connectivity index (χ1) is 14.4. The van der Waals surface area contributed by atoms with Gasteiger partial charge in [0, 0.05) is 11.8 Å². The summed E-state index contributed by atoms with van der Waals surface area (Å²) in [7, 11) is 0. The predicted octanol–water partition coefficient (Wildman–Crippen LogP) is 5.50. The Kier molecular flexibility index (Phi) is 6.06. The second-order valence-corrected chi connectivity index (χ2v) is 12.5. The summed E-state index contributed by atoms with van der Waals surface area (Å²) in [6, 6.07) is 0. The maximum atomic E-state index is 11.6. The highest BCUT2D eigenvalue weighted by atomic mass is 16.3. The van der Waals surface area contributed by atoms with E-state index in [-0.39, 0.29) is 10.8 Å². The summed E-state index contributed by atoms with van der Waals surface area (Å²) in [4.78, 5) is 0. The van der Waals surface area contributed by atoms with E-state index < -0.39 is 17.8 Å². The summed E-state index contributed by atoms with van der Waals surface area (Å²) in [5.74, 6) is 3.37. The number of aliphatic hydroxyl groups is 3. The monoisotopic (exact) mass is 430 g/mol. The molecule has 3 unspecified atom stereocenters. The van der Waals surface area contributed by atoms with Gasteiger partial charge in [-0.25, -0.2) is 0 Å². The summed E-state index contributed by atoms with van der Waals surface area (Å²) in [5, 5.41) is 32.9. The topological polar surface area (TPSA) is 60.7 Å². The van der Waals surface area contributed by atoms with E-state index in [0.29, 0.717) is 41.9 Å². The molecule has 0 aliphatic heterocycles. The van der Waals surface area contributed by atoms with Crippen LogP contribution < -0.4 is 0 Å². The van der Waals surface area contributed by atoms with Crippen LogP contribution in [-0.2, 0) is 0 Å². The number of aliphatic hydroxyl groups excluding tert-OH is 2. The van der Waals surface area contributed by atoms with E-state index in [1.165, 1.54) is 24.8 Å². The highest BCUT2D eigenvalue weighted by Gasteiger charge is 2.64. The SMILES string of the molecule is CC(C)[C@@H](C)/C=C/[C@@H](C)C1CCC2C3=C[C@@H](O)[C@@]4(O)C[C@@H](O)CC[C@]4(C)C3CC[C@@]21C. The fraction of sp³-hybridized carbons (Fsp3) is 0.857. The molecule has 0 bridgehead atoms. The molecule has 0 aromatic carbocycles. The molecular weight excluding hydrogens is 384 g/mol. The van der Waals surface area contributed by atoms with Crippen molar-refractivity contribution in [3.05, 3.63) is 23.8 Å². The van der Waals surface area contributed by atoms with Gasteiger partial charge in [0.05, 0.1) is 6.10 Å². The van der Waals surface area contributed by atoms with Crippen LogP contribution in [0, 0.1) is 46.3 Å². The summed E-state index contributed by atoms with van der Waals surface area (Å²) in [5.41, 5.74) is 0.160. The molecule has 0 heterocycles. The van der Waals surface area contributed by atoms with Gasteiger partial charge in [0.25, 0.3) is 0 Å². The van der Waals surface area contributed by atoms with Crippen molar-refractivity contribution in [1.29, 1.82) is 0 Å². The normalized spacial score (nSPS) is 49.4. The van der Waals surface area contributed by atoms with E-state index >= 15 is 0 Å². The van der Waals surface area contributed by atoms with E-state index in [4.69, 9.17) is 0 Å². The number of rotatable bonds is 4. The van der Waals surface area contributed by atoms with Crippen LogP contribution >= 0.6 is 0 Å². The molecule has 0 amide bonds. The van der Waals surface area contributed by atoms with Crippen LogP contribution in [0.4, 0.5) is 0 Å². The first-order valence-corrected chi connectivity index (χ1v) is 12.9. The van der Waals surface area contributed by atoms with Gasteiger partial charge in [-0.2, -0.15) is 0 Å². The van der Waals surface area contributed by atoms with E-state index in [1.54, 1.807) is 0 Å². The lowest BCUT2D eigenvalue weighted by atomic mass is 9.45. The smallest absolute Gasteiger partial charge is 0.102 e. The maximum absolute atomic E-state index is 11.6. The largest absolute Gasteiger partial charge is 0.393 e. The molecule has 0 radical (unpaired) electrons. The minimum absolute atomic E-state index is 0.271. The first kappa shape index (κ1) is 23.5. The van der Waals surface area contributed by atoms with Gasteiger partial charge >= 0.3 is 0 Å². The molecule has 3 saturated carbocycles. The zero-order valence-corrected chi connectivity index (χ0v) is 20.6. The number of fused-ring (bicyclic) bond motifs is 5. The molecule has 3 heteroatoms. The maximum Gasteiger partial charge on any atom is 0.102 e. The minimum atomic E-state index is -1.20. The van der Waals surface area contributed by atoms with Gasteiger partial charge in [0.2, 0.25) is 0 Å². The van der Waals surface area contributed by atoms with Crippen molar-refractivity contribution in [3.63, 3.8) is 0 Å². The van der Waals surface area contributed by atoms with Crippen LogP contribution in [0.25, 0.3) is 0 Å². The second kappa shape index (κ2) is 7.99. The molecular formula is C28H46O3. The lowest BCUT2D eigenvalue weighted by Crippen LogP contribution is -2.65. The number of allylic oxidation sites excluding steroid dienone is 3. The Hall–Kier alpha value is -0.640. The molecule has 10 atom stereocenters. The second-order valence-electron chi connectivity index (χ2n) is 12.5. The van der Waals surface area contributed by atoms with Gasteiger partial charge in [-0.05, 0) is 79.4 Å². The van der Waals surface area contributed by atoms with Crippen molar-refractivity contribution >= 4 is 0 Å². The van der Waals surface area contributed by atoms with E-state index in [1.807, 2.05) is 6.08 Å². The zero-order chi connectivity index (χ0) is 22.8. The van der Waals surface area contributed by atoms with Gasteiger partial charge in [-0.1, -0.05) is 65.3 Å². The van der Waals surface area contributed by atoms with E-state index in [2.05, 4.69) is 53.7 Å². The molecule has 0 spiro atoms. The molecule has 3 fully saturated rings. The molecule has 4 aliphatic carbocycles. The van der Waals surface area contributed by atoms with Crippen molar-refractivity contribution in [2.75, 3.05) is 0 Å². The molecule has 3 nitrogen and oxygen atoms in total. The quantitative estimate of drug-likeness (QED) is 0.516. The molecule has 0 aromatic heterocycles. The lowest BCUT2D eigenvalue weighted by Gasteiger charge is -2.62. The van der Waals surface area contributed by atoms with Gasteiger partial charge in [0.15, 0.2) is 0 Å². The molecule has 31 heavy (non-hydrogen) atoms. The Balaban J connectivity index is 1.61. The third-order valence-electron chi connectivity index (χ3n) is 10.7. The van der Waals surface area contributed by atoms with Crippen molar-refractivity contribution in [2.45, 2.75) is 104 Å². The summed E-state index contributed by atoms with van der Waals surface area (Å²) < 4.78 is 0. The Morgan fingerprint density at radius 3 is 2.32 bits per heavy atom. The third-order valence-corrected chi connectivity index (χ3v) is 10.7. The van der Waals surface area contributed by atoms with Crippen LogP contribution in [-0.4, -0.2) is 33.1 Å². The Morgan fingerprint density at radius 2 is 1.65 bits per heavy atom. The molecule has 0 aromatic rings. The highest BCUT2D eigenvalue weighted by Crippen LogP contribution is 2.67. The molecule has 3 N–H and O–H groups in total. The number of hydrogen-bond donors (Lipinski definition) is 3. The van der Waals surface area contributed by atoms with Gasteiger partial charge < -0.3 is 15.3 Å². The van der Waals surface area contributed by atoms with Crippen LogP contribution in [0.3, 0.4) is 0 Å². The van der Waals surface area contributed by atoms with Crippen molar-refractivity contribution in [3.8, 4) is 0 Å². The molecule has 176 valence electrons. The van der Waals surface area contributed by atoms with Gasteiger partial charge in [0.1, 0.15) is 11.7 Å². The number of hydrogen-bond acceptors (Lipinski definition) is 3. The Labute approximate surface area is 190 Å². The summed E-state index contributed by atoms with van der Waals surface area (Å²) in [6.45, 7) is 14.0. The van der Waals surface area contributed by atoms with Crippen molar-refractivity contribution < 1.29 is 15.3 Å². The van der Waals surface area contributed by atoms with Crippen LogP contribution in [0.2, 0.25) is 0 Å². The predicted molar refractivity (Wildman–Crippen MR) is 126 cm³/mol. The van der Waals surface area contributed by atoms with E-state index in [0.717, 1.165) is 19.3 Å². The molecule has 0 saturated heterocycles.